The van der Waals surface area contributed by atoms with E-state index in [1.165, 1.54) is 11.0 Å². The Morgan fingerprint density at radius 2 is 1.92 bits per heavy atom. The third-order valence-corrected chi connectivity index (χ3v) is 8.01. The number of likely N-dealkylation sites (tertiary alicyclic amines) is 1. The molecule has 3 aliphatic rings. The van der Waals surface area contributed by atoms with Crippen LogP contribution in [-0.4, -0.2) is 66.3 Å². The third-order valence-electron chi connectivity index (χ3n) is 7.25. The molecule has 7 nitrogen and oxygen atoms in total. The van der Waals surface area contributed by atoms with Crippen molar-refractivity contribution in [1.82, 2.24) is 15.5 Å². The molecule has 0 aromatic heterocycles. The van der Waals surface area contributed by atoms with Crippen LogP contribution >= 0.6 is 23.2 Å². The molecule has 2 N–H and O–H groups in total. The van der Waals surface area contributed by atoms with Crippen molar-refractivity contribution in [2.24, 2.45) is 11.8 Å². The lowest BCUT2D eigenvalue weighted by Gasteiger charge is -2.38. The van der Waals surface area contributed by atoms with Crippen LogP contribution in [0.5, 0.6) is 11.5 Å². The molecule has 4 unspecified atom stereocenters. The first kappa shape index (κ1) is 27.1. The van der Waals surface area contributed by atoms with Crippen LogP contribution in [-0.2, 0) is 4.79 Å². The largest absolute Gasteiger partial charge is 0.448 e. The SMILES string of the molecule is Cc1c(C(=O)NCC2C(=O)NC(C)CC2Cl)cc(Cl)c2c1OC(C)(C1CCN(CC(F)(F)F)CC1)O2. The third kappa shape index (κ3) is 5.65. The quantitative estimate of drug-likeness (QED) is 0.534. The molecule has 1 aromatic rings. The van der Waals surface area contributed by atoms with Gasteiger partial charge < -0.3 is 20.1 Å². The number of halogens is 5. The number of piperidine rings is 2. The highest BCUT2D eigenvalue weighted by Gasteiger charge is 2.48. The van der Waals surface area contributed by atoms with Crippen LogP contribution in [0.2, 0.25) is 5.02 Å². The number of alkyl halides is 4. The molecule has 4 atom stereocenters. The van der Waals surface area contributed by atoms with E-state index in [4.69, 9.17) is 32.7 Å². The van der Waals surface area contributed by atoms with E-state index in [0.29, 0.717) is 36.3 Å². The Bertz CT molecular complexity index is 1030. The summed E-state index contributed by atoms with van der Waals surface area (Å²) in [5.41, 5.74) is 0.802. The lowest BCUT2D eigenvalue weighted by atomic mass is 9.89. The number of fused-ring (bicyclic) bond motifs is 1. The average molecular weight is 552 g/mol. The van der Waals surface area contributed by atoms with Gasteiger partial charge in [-0.2, -0.15) is 13.2 Å². The minimum Gasteiger partial charge on any atom is -0.448 e. The molecule has 1 aromatic carbocycles. The summed E-state index contributed by atoms with van der Waals surface area (Å²) in [5, 5.41) is 5.42. The highest BCUT2D eigenvalue weighted by molar-refractivity contribution is 6.33. The molecule has 0 saturated carbocycles. The topological polar surface area (TPSA) is 79.9 Å². The number of nitrogens with one attached hydrogen (secondary N) is 2. The van der Waals surface area contributed by atoms with Gasteiger partial charge in [-0.1, -0.05) is 11.6 Å². The number of rotatable bonds is 5. The van der Waals surface area contributed by atoms with E-state index < -0.39 is 35.7 Å². The molecule has 0 spiro atoms. The maximum absolute atomic E-state index is 13.0. The second-order valence-corrected chi connectivity index (χ2v) is 11.0. The van der Waals surface area contributed by atoms with Crippen LogP contribution in [0, 0.1) is 18.8 Å². The molecule has 0 aliphatic carbocycles. The first-order valence-corrected chi connectivity index (χ1v) is 12.8. The van der Waals surface area contributed by atoms with Gasteiger partial charge in [0, 0.05) is 41.9 Å². The van der Waals surface area contributed by atoms with Gasteiger partial charge in [0.1, 0.15) is 0 Å². The fourth-order valence-electron chi connectivity index (χ4n) is 5.21. The van der Waals surface area contributed by atoms with Gasteiger partial charge in [0.2, 0.25) is 5.91 Å². The Morgan fingerprint density at radius 1 is 1.28 bits per heavy atom. The van der Waals surface area contributed by atoms with Crippen molar-refractivity contribution in [2.45, 2.75) is 63.4 Å². The van der Waals surface area contributed by atoms with E-state index in [2.05, 4.69) is 10.6 Å². The van der Waals surface area contributed by atoms with Gasteiger partial charge in [0.15, 0.2) is 11.5 Å². The maximum atomic E-state index is 13.0. The number of ether oxygens (including phenoxy) is 2. The summed E-state index contributed by atoms with van der Waals surface area (Å²) in [6.45, 7) is 5.02. The van der Waals surface area contributed by atoms with Crippen molar-refractivity contribution in [1.29, 1.82) is 0 Å². The molecule has 3 aliphatic heterocycles. The standard InChI is InChI=1S/C24H30Cl2F3N3O4/c1-12-8-17(25)16(22(34)31-12)10-30-21(33)15-9-18(26)20-19(13(15)2)35-23(3,36-20)14-4-6-32(7-5-14)11-24(27,28)29/h9,12,14,16-17H,4-8,10-11H2,1-3H3,(H,30,33)(H,31,34). The van der Waals surface area contributed by atoms with Crippen molar-refractivity contribution < 1.29 is 32.2 Å². The highest BCUT2D eigenvalue weighted by atomic mass is 35.5. The number of hydrogen-bond donors (Lipinski definition) is 2. The molecule has 3 heterocycles. The molecule has 200 valence electrons. The Balaban J connectivity index is 1.43. The molecule has 2 saturated heterocycles. The minimum atomic E-state index is -4.24. The number of carbonyl (C=O) groups excluding carboxylic acids is 2. The number of nitrogens with zero attached hydrogens (tertiary/aromatic N) is 1. The van der Waals surface area contributed by atoms with E-state index in [0.717, 1.165) is 0 Å². The average Bonchev–Trinajstić information content (AvgIpc) is 3.14. The zero-order valence-corrected chi connectivity index (χ0v) is 21.8. The summed E-state index contributed by atoms with van der Waals surface area (Å²) >= 11 is 12.8. The molecule has 0 radical (unpaired) electrons. The fraction of sp³-hybridized carbons (Fsp3) is 0.667. The Morgan fingerprint density at radius 3 is 2.53 bits per heavy atom. The zero-order valence-electron chi connectivity index (χ0n) is 20.3. The Labute approximate surface area is 217 Å². The molecule has 2 amide bonds. The summed E-state index contributed by atoms with van der Waals surface area (Å²) < 4.78 is 50.5. The Kier molecular flexibility index (Phi) is 7.61. The van der Waals surface area contributed by atoms with E-state index >= 15 is 0 Å². The lowest BCUT2D eigenvalue weighted by Crippen LogP contribution is -2.51. The molecule has 2 fully saturated rings. The maximum Gasteiger partial charge on any atom is 0.401 e. The zero-order chi connectivity index (χ0) is 26.4. The lowest BCUT2D eigenvalue weighted by molar-refractivity contribution is -0.159. The van der Waals surface area contributed by atoms with Crippen molar-refractivity contribution in [2.75, 3.05) is 26.2 Å². The number of benzene rings is 1. The van der Waals surface area contributed by atoms with Gasteiger partial charge in [-0.25, -0.2) is 0 Å². The van der Waals surface area contributed by atoms with Crippen LogP contribution in [0.25, 0.3) is 0 Å². The van der Waals surface area contributed by atoms with Crippen LogP contribution in [0.1, 0.15) is 49.0 Å². The summed E-state index contributed by atoms with van der Waals surface area (Å²) in [4.78, 5) is 26.7. The highest BCUT2D eigenvalue weighted by Crippen LogP contribution is 2.51. The van der Waals surface area contributed by atoms with Crippen LogP contribution in [0.4, 0.5) is 13.2 Å². The van der Waals surface area contributed by atoms with Gasteiger partial charge in [0.25, 0.3) is 11.7 Å². The molecule has 0 bridgehead atoms. The van der Waals surface area contributed by atoms with Crippen LogP contribution in [0.15, 0.2) is 6.07 Å². The van der Waals surface area contributed by atoms with Crippen LogP contribution < -0.4 is 20.1 Å². The predicted molar refractivity (Wildman–Crippen MR) is 129 cm³/mol. The molecule has 36 heavy (non-hydrogen) atoms. The van der Waals surface area contributed by atoms with E-state index in [1.807, 2.05) is 6.92 Å². The van der Waals surface area contributed by atoms with Crippen LogP contribution in [0.3, 0.4) is 0 Å². The summed E-state index contributed by atoms with van der Waals surface area (Å²) in [6.07, 6.45) is -2.70. The van der Waals surface area contributed by atoms with Crippen molar-refractivity contribution >= 4 is 35.0 Å². The Hall–Kier alpha value is -1.91. The smallest absolute Gasteiger partial charge is 0.401 e. The van der Waals surface area contributed by atoms with E-state index in [9.17, 15) is 22.8 Å². The number of carbonyl (C=O) groups is 2. The normalized spacial score (nSPS) is 29.2. The second-order valence-electron chi connectivity index (χ2n) is 10.1. The summed E-state index contributed by atoms with van der Waals surface area (Å²) in [7, 11) is 0. The van der Waals surface area contributed by atoms with Gasteiger partial charge in [-0.15, -0.1) is 11.6 Å². The molecule has 12 heteroatoms. The number of amides is 2. The first-order chi connectivity index (χ1) is 16.8. The van der Waals surface area contributed by atoms with E-state index in [-0.39, 0.29) is 48.1 Å². The van der Waals surface area contributed by atoms with Gasteiger partial charge in [-0.3, -0.25) is 14.5 Å². The second kappa shape index (κ2) is 10.1. The van der Waals surface area contributed by atoms with Crippen molar-refractivity contribution in [3.05, 3.63) is 22.2 Å². The number of hydrogen-bond acceptors (Lipinski definition) is 5. The molecular formula is C24H30Cl2F3N3O4. The first-order valence-electron chi connectivity index (χ1n) is 12.0. The van der Waals surface area contributed by atoms with Gasteiger partial charge in [0.05, 0.1) is 17.5 Å². The fourth-order valence-corrected chi connectivity index (χ4v) is 5.92. The van der Waals surface area contributed by atoms with Gasteiger partial charge in [-0.05, 0) is 52.3 Å². The van der Waals surface area contributed by atoms with Crippen molar-refractivity contribution in [3.63, 3.8) is 0 Å². The molecule has 4 rings (SSSR count). The van der Waals surface area contributed by atoms with E-state index in [1.54, 1.807) is 13.8 Å². The van der Waals surface area contributed by atoms with Gasteiger partial charge >= 0.3 is 6.18 Å². The molecular weight excluding hydrogens is 522 g/mol. The van der Waals surface area contributed by atoms with Crippen molar-refractivity contribution in [3.8, 4) is 11.5 Å². The minimum absolute atomic E-state index is 0.0203. The predicted octanol–water partition coefficient (Wildman–Crippen LogP) is 4.27. The summed E-state index contributed by atoms with van der Waals surface area (Å²) in [6, 6.07) is 1.47. The summed E-state index contributed by atoms with van der Waals surface area (Å²) in [5.74, 6) is -1.80. The monoisotopic (exact) mass is 551 g/mol.